The molecule has 0 N–H and O–H groups in total. The molecule has 0 amide bonds. The van der Waals surface area contributed by atoms with Crippen LogP contribution in [-0.2, 0) is 10.0 Å². The molecule has 0 spiro atoms. The fourth-order valence-corrected chi connectivity index (χ4v) is 5.71. The molecule has 0 aliphatic heterocycles. The highest BCUT2D eigenvalue weighted by atomic mass is 32.2. The van der Waals surface area contributed by atoms with Crippen molar-refractivity contribution in [3.8, 4) is 18.2 Å². The van der Waals surface area contributed by atoms with Crippen molar-refractivity contribution in [2.75, 3.05) is 13.1 Å². The first-order valence-electron chi connectivity index (χ1n) is 13.2. The second-order valence-electron chi connectivity index (χ2n) is 8.97. The SMILES string of the molecule is CCCCCCCCC(C#N)S(=O)(=O)N(CCCCCCCC#N)CCCCCCCC#N. The van der Waals surface area contributed by atoms with Crippen molar-refractivity contribution in [3.05, 3.63) is 0 Å². The summed E-state index contributed by atoms with van der Waals surface area (Å²) in [7, 11) is -3.63. The standard InChI is InChI=1S/C26H46N4O2S/c1-2-3-4-5-10-15-20-26(25-29)33(31,32)30(23-18-13-8-6-11-16-21-27)24-19-14-9-7-12-17-22-28/h26H,2-20,23-24H2,1H3. The first-order chi connectivity index (χ1) is 16.0. The van der Waals surface area contributed by atoms with Gasteiger partial charge in [0.05, 0.1) is 18.2 Å². The molecule has 1 atom stereocenters. The number of nitrogens with zero attached hydrogens (tertiary/aromatic N) is 4. The van der Waals surface area contributed by atoms with Gasteiger partial charge < -0.3 is 0 Å². The van der Waals surface area contributed by atoms with E-state index in [9.17, 15) is 13.7 Å². The molecule has 7 heteroatoms. The minimum absolute atomic E-state index is 0.420. The minimum atomic E-state index is -3.63. The second-order valence-corrected chi connectivity index (χ2v) is 11.1. The molecule has 0 aliphatic carbocycles. The summed E-state index contributed by atoms with van der Waals surface area (Å²) in [6.45, 7) is 3.12. The highest BCUT2D eigenvalue weighted by molar-refractivity contribution is 7.90. The predicted octanol–water partition coefficient (Wildman–Crippen LogP) is 6.99. The smallest absolute Gasteiger partial charge is 0.211 e. The van der Waals surface area contributed by atoms with Gasteiger partial charge in [-0.15, -0.1) is 0 Å². The average Bonchev–Trinajstić information content (AvgIpc) is 2.80. The molecule has 0 rings (SSSR count). The van der Waals surface area contributed by atoms with Crippen LogP contribution in [0.25, 0.3) is 0 Å². The van der Waals surface area contributed by atoms with Gasteiger partial charge in [-0.05, 0) is 32.1 Å². The van der Waals surface area contributed by atoms with Crippen molar-refractivity contribution >= 4 is 10.0 Å². The minimum Gasteiger partial charge on any atom is -0.211 e. The Hall–Kier alpha value is -1.62. The van der Waals surface area contributed by atoms with E-state index >= 15 is 0 Å². The summed E-state index contributed by atoms with van der Waals surface area (Å²) in [4.78, 5) is 0. The molecule has 0 saturated heterocycles. The molecule has 0 fully saturated rings. The summed E-state index contributed by atoms with van der Waals surface area (Å²) >= 11 is 0. The molecule has 0 bridgehead atoms. The molecule has 1 unspecified atom stereocenters. The Bertz CT molecular complexity index is 661. The van der Waals surface area contributed by atoms with Crippen molar-refractivity contribution in [1.29, 1.82) is 15.8 Å². The lowest BCUT2D eigenvalue weighted by atomic mass is 10.1. The maximum absolute atomic E-state index is 13.3. The summed E-state index contributed by atoms with van der Waals surface area (Å²) in [5.74, 6) is 0. The third-order valence-corrected chi connectivity index (χ3v) is 8.22. The molecule has 0 aromatic heterocycles. The van der Waals surface area contributed by atoms with Crippen molar-refractivity contribution in [1.82, 2.24) is 4.31 Å². The molecular weight excluding hydrogens is 432 g/mol. The van der Waals surface area contributed by atoms with Gasteiger partial charge in [-0.3, -0.25) is 0 Å². The summed E-state index contributed by atoms with van der Waals surface area (Å²) in [6, 6.07) is 6.40. The van der Waals surface area contributed by atoms with Crippen LogP contribution in [0.2, 0.25) is 0 Å². The van der Waals surface area contributed by atoms with Crippen LogP contribution < -0.4 is 0 Å². The molecule has 33 heavy (non-hydrogen) atoms. The van der Waals surface area contributed by atoms with Crippen LogP contribution in [0, 0.1) is 34.0 Å². The van der Waals surface area contributed by atoms with Crippen LogP contribution in [0.5, 0.6) is 0 Å². The third kappa shape index (κ3) is 16.6. The average molecular weight is 479 g/mol. The topological polar surface area (TPSA) is 109 Å². The Kier molecular flexibility index (Phi) is 21.1. The molecule has 0 aromatic rings. The Labute approximate surface area is 204 Å². The lowest BCUT2D eigenvalue weighted by molar-refractivity contribution is 0.379. The van der Waals surface area contributed by atoms with Gasteiger partial charge in [-0.2, -0.15) is 15.8 Å². The van der Waals surface area contributed by atoms with Gasteiger partial charge in [0.1, 0.15) is 0 Å². The maximum Gasteiger partial charge on any atom is 0.230 e. The number of sulfonamides is 1. The molecular formula is C26H46N4O2S. The van der Waals surface area contributed by atoms with Crippen molar-refractivity contribution < 1.29 is 8.42 Å². The lowest BCUT2D eigenvalue weighted by Gasteiger charge is -2.25. The van der Waals surface area contributed by atoms with Crippen LogP contribution >= 0.6 is 0 Å². The Morgan fingerprint density at radius 1 is 0.636 bits per heavy atom. The third-order valence-electron chi connectivity index (χ3n) is 6.08. The predicted molar refractivity (Wildman–Crippen MR) is 135 cm³/mol. The Balaban J connectivity index is 4.70. The highest BCUT2D eigenvalue weighted by Gasteiger charge is 2.31. The van der Waals surface area contributed by atoms with Gasteiger partial charge >= 0.3 is 0 Å². The van der Waals surface area contributed by atoms with Gasteiger partial charge in [0, 0.05) is 25.9 Å². The molecule has 0 saturated carbocycles. The van der Waals surface area contributed by atoms with Crippen LogP contribution in [-0.4, -0.2) is 31.1 Å². The van der Waals surface area contributed by atoms with Crippen molar-refractivity contribution in [3.63, 3.8) is 0 Å². The normalized spacial score (nSPS) is 12.2. The van der Waals surface area contributed by atoms with Gasteiger partial charge in [0.2, 0.25) is 10.0 Å². The fraction of sp³-hybridized carbons (Fsp3) is 0.885. The van der Waals surface area contributed by atoms with E-state index < -0.39 is 15.3 Å². The molecule has 0 aromatic carbocycles. The van der Waals surface area contributed by atoms with E-state index in [1.807, 2.05) is 0 Å². The van der Waals surface area contributed by atoms with Crippen LogP contribution in [0.3, 0.4) is 0 Å². The summed E-state index contributed by atoms with van der Waals surface area (Å²) in [6.07, 6.45) is 17.3. The number of nitriles is 3. The van der Waals surface area contributed by atoms with E-state index in [-0.39, 0.29) is 0 Å². The van der Waals surface area contributed by atoms with E-state index in [0.717, 1.165) is 83.5 Å². The van der Waals surface area contributed by atoms with Crippen LogP contribution in [0.4, 0.5) is 0 Å². The van der Waals surface area contributed by atoms with E-state index in [4.69, 9.17) is 10.5 Å². The molecule has 0 aliphatic rings. The van der Waals surface area contributed by atoms with E-state index in [0.29, 0.717) is 32.4 Å². The largest absolute Gasteiger partial charge is 0.230 e. The second kappa shape index (κ2) is 22.2. The molecule has 188 valence electrons. The summed E-state index contributed by atoms with van der Waals surface area (Å²) in [5.41, 5.74) is 0. The zero-order chi connectivity index (χ0) is 24.6. The summed E-state index contributed by atoms with van der Waals surface area (Å²) in [5, 5.41) is 25.9. The quantitative estimate of drug-likeness (QED) is 0.147. The van der Waals surface area contributed by atoms with E-state index in [1.54, 1.807) is 4.31 Å². The highest BCUT2D eigenvalue weighted by Crippen LogP contribution is 2.19. The van der Waals surface area contributed by atoms with Crippen LogP contribution in [0.1, 0.15) is 129 Å². The number of hydrogen-bond acceptors (Lipinski definition) is 5. The van der Waals surface area contributed by atoms with Gasteiger partial charge in [-0.25, -0.2) is 12.7 Å². The van der Waals surface area contributed by atoms with E-state index in [2.05, 4.69) is 25.1 Å². The lowest BCUT2D eigenvalue weighted by Crippen LogP contribution is -2.39. The molecule has 0 radical (unpaired) electrons. The monoisotopic (exact) mass is 478 g/mol. The number of hydrogen-bond donors (Lipinski definition) is 0. The van der Waals surface area contributed by atoms with Gasteiger partial charge in [0.15, 0.2) is 5.25 Å². The zero-order valence-electron chi connectivity index (χ0n) is 20.9. The van der Waals surface area contributed by atoms with Crippen molar-refractivity contribution in [2.24, 2.45) is 0 Å². The fourth-order valence-electron chi connectivity index (χ4n) is 3.98. The van der Waals surface area contributed by atoms with Gasteiger partial charge in [-0.1, -0.05) is 84.0 Å². The molecule has 6 nitrogen and oxygen atoms in total. The zero-order valence-corrected chi connectivity index (χ0v) is 21.8. The van der Waals surface area contributed by atoms with Crippen molar-refractivity contribution in [2.45, 2.75) is 134 Å². The molecule has 0 heterocycles. The Morgan fingerprint density at radius 2 is 1.06 bits per heavy atom. The number of unbranched alkanes of at least 4 members (excludes halogenated alkanes) is 15. The summed E-state index contributed by atoms with van der Waals surface area (Å²) < 4.78 is 28.1. The first kappa shape index (κ1) is 31.4. The van der Waals surface area contributed by atoms with Crippen LogP contribution in [0.15, 0.2) is 0 Å². The first-order valence-corrected chi connectivity index (χ1v) is 14.7. The Morgan fingerprint density at radius 3 is 1.52 bits per heavy atom. The number of rotatable bonds is 23. The van der Waals surface area contributed by atoms with E-state index in [1.165, 1.54) is 19.3 Å². The maximum atomic E-state index is 13.3. The van der Waals surface area contributed by atoms with Gasteiger partial charge in [0.25, 0.3) is 0 Å².